The van der Waals surface area contributed by atoms with Crippen LogP contribution in [0, 0.1) is 5.92 Å². The van der Waals surface area contributed by atoms with E-state index in [1.165, 1.54) is 24.4 Å². The summed E-state index contributed by atoms with van der Waals surface area (Å²) < 4.78 is 0. The first-order valence-electron chi connectivity index (χ1n) is 8.56. The molecule has 0 aliphatic carbocycles. The highest BCUT2D eigenvalue weighted by atomic mass is 15.1. The molecule has 124 valence electrons. The molecule has 0 amide bonds. The number of amidine groups is 1. The van der Waals surface area contributed by atoms with Gasteiger partial charge in [0.05, 0.1) is 12.4 Å². The Balaban J connectivity index is 1.35. The van der Waals surface area contributed by atoms with Crippen molar-refractivity contribution < 1.29 is 0 Å². The molecule has 1 aromatic heterocycles. The predicted molar refractivity (Wildman–Crippen MR) is 97.0 cm³/mol. The van der Waals surface area contributed by atoms with Crippen molar-refractivity contribution in [3.8, 4) is 0 Å². The van der Waals surface area contributed by atoms with Gasteiger partial charge in [0.15, 0.2) is 0 Å². The Bertz CT molecular complexity index is 689. The lowest BCUT2D eigenvalue weighted by molar-refractivity contribution is 0.496. The Morgan fingerprint density at radius 3 is 2.46 bits per heavy atom. The van der Waals surface area contributed by atoms with Gasteiger partial charge in [0.1, 0.15) is 0 Å². The highest BCUT2D eigenvalue weighted by Gasteiger charge is 2.24. The molecule has 1 fully saturated rings. The van der Waals surface area contributed by atoms with Gasteiger partial charge in [-0.15, -0.1) is 0 Å². The van der Waals surface area contributed by atoms with Crippen LogP contribution >= 0.6 is 0 Å². The number of aromatic nitrogens is 2. The lowest BCUT2D eigenvalue weighted by Gasteiger charge is -2.33. The molecule has 0 radical (unpaired) electrons. The van der Waals surface area contributed by atoms with Crippen molar-refractivity contribution >= 4 is 23.2 Å². The number of hydrogen-bond donors (Lipinski definition) is 2. The average Bonchev–Trinajstić information content (AvgIpc) is 3.18. The van der Waals surface area contributed by atoms with Gasteiger partial charge in [-0.25, -0.2) is 9.97 Å². The molecular formula is C18H22N6. The third-order valence-electron chi connectivity index (χ3n) is 4.64. The van der Waals surface area contributed by atoms with Crippen LogP contribution in [0.2, 0.25) is 0 Å². The summed E-state index contributed by atoms with van der Waals surface area (Å²) in [6.07, 6.45) is 5.81. The maximum Gasteiger partial charge on any atom is 0.227 e. The Labute approximate surface area is 142 Å². The molecular weight excluding hydrogens is 300 g/mol. The van der Waals surface area contributed by atoms with E-state index in [2.05, 4.69) is 54.8 Å². The Morgan fingerprint density at radius 1 is 1.04 bits per heavy atom. The molecule has 0 atom stereocenters. The van der Waals surface area contributed by atoms with Crippen LogP contribution in [0.25, 0.3) is 0 Å². The first-order valence-corrected chi connectivity index (χ1v) is 8.56. The lowest BCUT2D eigenvalue weighted by atomic mass is 9.95. The van der Waals surface area contributed by atoms with Gasteiger partial charge >= 0.3 is 0 Å². The van der Waals surface area contributed by atoms with Crippen LogP contribution in [-0.2, 0) is 0 Å². The number of aliphatic imine (C=N–C) groups is 1. The third kappa shape index (κ3) is 3.32. The minimum absolute atomic E-state index is 0.611. The van der Waals surface area contributed by atoms with E-state index in [0.717, 1.165) is 31.9 Å². The minimum atomic E-state index is 0.611. The topological polar surface area (TPSA) is 65.4 Å². The van der Waals surface area contributed by atoms with E-state index in [1.807, 2.05) is 6.07 Å². The van der Waals surface area contributed by atoms with Crippen molar-refractivity contribution in [2.75, 3.05) is 36.4 Å². The van der Waals surface area contributed by atoms with Crippen LogP contribution < -0.4 is 15.5 Å². The summed E-state index contributed by atoms with van der Waals surface area (Å²) >= 11 is 0. The molecule has 4 rings (SSSR count). The number of anilines is 3. The van der Waals surface area contributed by atoms with Crippen molar-refractivity contribution in [2.24, 2.45) is 10.9 Å². The molecule has 6 nitrogen and oxygen atoms in total. The molecule has 1 aromatic carbocycles. The fraction of sp³-hybridized carbons (Fsp3) is 0.389. The van der Waals surface area contributed by atoms with Gasteiger partial charge in [-0.3, -0.25) is 4.99 Å². The number of rotatable bonds is 4. The number of nitrogens with one attached hydrogen (secondary N) is 2. The second-order valence-corrected chi connectivity index (χ2v) is 6.20. The first kappa shape index (κ1) is 14.9. The van der Waals surface area contributed by atoms with Crippen LogP contribution in [0.4, 0.5) is 17.3 Å². The van der Waals surface area contributed by atoms with Crippen molar-refractivity contribution in [1.82, 2.24) is 15.3 Å². The number of nitrogens with zero attached hydrogens (tertiary/aromatic N) is 4. The molecule has 24 heavy (non-hydrogen) atoms. The van der Waals surface area contributed by atoms with E-state index in [0.29, 0.717) is 11.9 Å². The summed E-state index contributed by atoms with van der Waals surface area (Å²) in [7, 11) is 0. The fourth-order valence-corrected chi connectivity index (χ4v) is 3.35. The van der Waals surface area contributed by atoms with E-state index < -0.39 is 0 Å². The van der Waals surface area contributed by atoms with Crippen LogP contribution in [0.15, 0.2) is 47.7 Å². The summed E-state index contributed by atoms with van der Waals surface area (Å²) in [6, 6.07) is 10.3. The van der Waals surface area contributed by atoms with Crippen LogP contribution in [0.5, 0.6) is 0 Å². The second kappa shape index (κ2) is 6.86. The van der Waals surface area contributed by atoms with Crippen molar-refractivity contribution in [3.05, 3.63) is 42.7 Å². The zero-order valence-electron chi connectivity index (χ0n) is 13.7. The van der Waals surface area contributed by atoms with E-state index in [1.54, 1.807) is 12.4 Å². The minimum Gasteiger partial charge on any atom is -0.372 e. The fourth-order valence-electron chi connectivity index (χ4n) is 3.35. The zero-order chi connectivity index (χ0) is 16.2. The summed E-state index contributed by atoms with van der Waals surface area (Å²) in [4.78, 5) is 15.4. The monoisotopic (exact) mass is 322 g/mol. The van der Waals surface area contributed by atoms with Crippen LogP contribution in [-0.4, -0.2) is 42.0 Å². The second-order valence-electron chi connectivity index (χ2n) is 6.20. The van der Waals surface area contributed by atoms with Gasteiger partial charge in [-0.1, -0.05) is 0 Å². The Hall–Kier alpha value is -2.63. The predicted octanol–water partition coefficient (Wildman–Crippen LogP) is 2.44. The van der Waals surface area contributed by atoms with Gasteiger partial charge in [0.2, 0.25) is 5.95 Å². The summed E-state index contributed by atoms with van der Waals surface area (Å²) in [5.41, 5.74) is 2.28. The summed E-state index contributed by atoms with van der Waals surface area (Å²) in [6.45, 7) is 4.12. The summed E-state index contributed by atoms with van der Waals surface area (Å²) in [5, 5.41) is 6.64. The molecule has 2 N–H and O–H groups in total. The highest BCUT2D eigenvalue weighted by molar-refractivity contribution is 5.86. The van der Waals surface area contributed by atoms with Crippen molar-refractivity contribution in [2.45, 2.75) is 12.8 Å². The molecule has 2 aliphatic heterocycles. The molecule has 1 saturated heterocycles. The van der Waals surface area contributed by atoms with Gasteiger partial charge in [-0.2, -0.15) is 0 Å². The SMILES string of the molecule is c1cnc(Nc2ccc(N3CCC(C4=NCCN4)CC3)cc2)nc1. The zero-order valence-corrected chi connectivity index (χ0v) is 13.7. The molecule has 0 unspecified atom stereocenters. The molecule has 6 heteroatoms. The Kier molecular flexibility index (Phi) is 4.27. The standard InChI is InChI=1S/C18H22N6/c1-8-21-18(22-9-1)23-15-2-4-16(5-3-15)24-12-6-14(7-13-24)17-19-10-11-20-17/h1-5,8-9,14H,6-7,10-13H2,(H,19,20)(H,21,22,23). The lowest BCUT2D eigenvalue weighted by Crippen LogP contribution is -2.39. The van der Waals surface area contributed by atoms with E-state index in [4.69, 9.17) is 0 Å². The molecule has 0 saturated carbocycles. The van der Waals surface area contributed by atoms with Crippen molar-refractivity contribution in [1.29, 1.82) is 0 Å². The van der Waals surface area contributed by atoms with Gasteiger partial charge in [0.25, 0.3) is 0 Å². The van der Waals surface area contributed by atoms with Gasteiger partial charge in [-0.05, 0) is 43.2 Å². The number of benzene rings is 1. The van der Waals surface area contributed by atoms with E-state index in [9.17, 15) is 0 Å². The first-order chi connectivity index (χ1) is 11.9. The third-order valence-corrected chi connectivity index (χ3v) is 4.64. The summed E-state index contributed by atoms with van der Waals surface area (Å²) in [5.74, 6) is 2.47. The van der Waals surface area contributed by atoms with E-state index in [-0.39, 0.29) is 0 Å². The van der Waals surface area contributed by atoms with Gasteiger partial charge in [0, 0.05) is 49.3 Å². The molecule has 0 spiro atoms. The quantitative estimate of drug-likeness (QED) is 0.905. The molecule has 2 aliphatic rings. The average molecular weight is 322 g/mol. The number of piperidine rings is 1. The van der Waals surface area contributed by atoms with Crippen LogP contribution in [0.1, 0.15) is 12.8 Å². The smallest absolute Gasteiger partial charge is 0.227 e. The number of hydrogen-bond acceptors (Lipinski definition) is 6. The highest BCUT2D eigenvalue weighted by Crippen LogP contribution is 2.26. The van der Waals surface area contributed by atoms with Gasteiger partial charge < -0.3 is 15.5 Å². The van der Waals surface area contributed by atoms with E-state index >= 15 is 0 Å². The van der Waals surface area contributed by atoms with Crippen molar-refractivity contribution in [3.63, 3.8) is 0 Å². The maximum absolute atomic E-state index is 4.58. The molecule has 2 aromatic rings. The normalized spacial score (nSPS) is 18.2. The van der Waals surface area contributed by atoms with Crippen LogP contribution in [0.3, 0.4) is 0 Å². The molecule has 3 heterocycles. The molecule has 0 bridgehead atoms. The maximum atomic E-state index is 4.58. The Morgan fingerprint density at radius 2 is 1.79 bits per heavy atom. The largest absolute Gasteiger partial charge is 0.372 e.